The molecule has 0 aliphatic carbocycles. The van der Waals surface area contributed by atoms with Crippen LogP contribution in [0.2, 0.25) is 5.02 Å². The third kappa shape index (κ3) is 2.32. The Hall–Kier alpha value is -0.840. The van der Waals surface area contributed by atoms with Crippen LogP contribution in [-0.2, 0) is 11.3 Å². The van der Waals surface area contributed by atoms with E-state index in [0.717, 1.165) is 47.0 Å². The van der Waals surface area contributed by atoms with Gasteiger partial charge in [-0.1, -0.05) is 11.6 Å². The summed E-state index contributed by atoms with van der Waals surface area (Å²) in [6.45, 7) is 2.73. The summed E-state index contributed by atoms with van der Waals surface area (Å²) in [5.74, 6) is 0.671. The van der Waals surface area contributed by atoms with Gasteiger partial charge in [-0.3, -0.25) is 0 Å². The van der Waals surface area contributed by atoms with E-state index in [1.807, 2.05) is 18.2 Å². The first-order valence-corrected chi connectivity index (χ1v) is 6.98. The van der Waals surface area contributed by atoms with Crippen molar-refractivity contribution in [1.29, 1.82) is 0 Å². The molecule has 3 rings (SSSR count). The molecule has 2 heterocycles. The second kappa shape index (κ2) is 5.03. The lowest BCUT2D eigenvalue weighted by Crippen LogP contribution is -2.06. The van der Waals surface area contributed by atoms with Gasteiger partial charge in [-0.15, -0.1) is 0 Å². The lowest BCUT2D eigenvalue weighted by molar-refractivity contribution is 0.183. The summed E-state index contributed by atoms with van der Waals surface area (Å²) in [6, 6.07) is 5.85. The van der Waals surface area contributed by atoms with E-state index in [4.69, 9.17) is 28.6 Å². The second-order valence-electron chi connectivity index (χ2n) is 4.76. The largest absolute Gasteiger partial charge is 0.381 e. The van der Waals surface area contributed by atoms with Gasteiger partial charge in [-0.05, 0) is 49.2 Å². The van der Waals surface area contributed by atoms with E-state index < -0.39 is 0 Å². The fraction of sp³-hybridized carbons (Fsp3) is 0.462. The highest BCUT2D eigenvalue weighted by Gasteiger charge is 2.16. The molecule has 96 valence electrons. The number of hydrogen-bond acceptors (Lipinski definition) is 2. The van der Waals surface area contributed by atoms with Crippen molar-refractivity contribution >= 4 is 34.9 Å². The van der Waals surface area contributed by atoms with Crippen molar-refractivity contribution in [3.63, 3.8) is 0 Å². The smallest absolute Gasteiger partial charge is 0.178 e. The Morgan fingerprint density at radius 1 is 1.50 bits per heavy atom. The zero-order valence-electron chi connectivity index (χ0n) is 9.99. The minimum absolute atomic E-state index is 0.671. The van der Waals surface area contributed by atoms with Crippen LogP contribution >= 0.6 is 23.8 Å². The first kappa shape index (κ1) is 12.2. The Morgan fingerprint density at radius 3 is 3.17 bits per heavy atom. The molecular weight excluding hydrogens is 268 g/mol. The molecule has 1 aromatic carbocycles. The van der Waals surface area contributed by atoms with E-state index in [2.05, 4.69) is 9.55 Å². The number of rotatable bonds is 3. The third-order valence-corrected chi connectivity index (χ3v) is 4.08. The summed E-state index contributed by atoms with van der Waals surface area (Å²) in [5, 5.41) is 0.732. The summed E-state index contributed by atoms with van der Waals surface area (Å²) < 4.78 is 8.32. The maximum absolute atomic E-state index is 5.98. The molecule has 1 fully saturated rings. The number of H-pyrrole nitrogens is 1. The highest BCUT2D eigenvalue weighted by atomic mass is 35.5. The first-order valence-electron chi connectivity index (χ1n) is 6.20. The Kier molecular flexibility index (Phi) is 3.41. The topological polar surface area (TPSA) is 29.9 Å². The van der Waals surface area contributed by atoms with Gasteiger partial charge in [0, 0.05) is 24.8 Å². The first-order chi connectivity index (χ1) is 8.74. The van der Waals surface area contributed by atoms with Crippen molar-refractivity contribution in [3.05, 3.63) is 28.0 Å². The van der Waals surface area contributed by atoms with Crippen LogP contribution in [0.15, 0.2) is 18.2 Å². The Morgan fingerprint density at radius 2 is 2.39 bits per heavy atom. The minimum atomic E-state index is 0.671. The van der Waals surface area contributed by atoms with E-state index in [0.29, 0.717) is 5.92 Å². The molecule has 0 bridgehead atoms. The number of ether oxygens (including phenoxy) is 1. The van der Waals surface area contributed by atoms with E-state index in [1.54, 1.807) is 0 Å². The molecule has 0 spiro atoms. The average Bonchev–Trinajstić information content (AvgIpc) is 2.93. The van der Waals surface area contributed by atoms with E-state index in [1.165, 1.54) is 6.42 Å². The molecule has 18 heavy (non-hydrogen) atoms. The van der Waals surface area contributed by atoms with Crippen LogP contribution in [0.4, 0.5) is 0 Å². The predicted octanol–water partition coefficient (Wildman–Crippen LogP) is 3.78. The SMILES string of the molecule is S=c1[nH]c2cc(Cl)ccc2n1CCC1CCOC1. The summed E-state index contributed by atoms with van der Waals surface area (Å²) in [4.78, 5) is 3.21. The van der Waals surface area contributed by atoms with Crippen molar-refractivity contribution < 1.29 is 4.74 Å². The third-order valence-electron chi connectivity index (χ3n) is 3.52. The Labute approximate surface area is 116 Å². The molecular formula is C13H15ClN2OS. The second-order valence-corrected chi connectivity index (χ2v) is 5.58. The maximum Gasteiger partial charge on any atom is 0.178 e. The predicted molar refractivity (Wildman–Crippen MR) is 75.7 cm³/mol. The van der Waals surface area contributed by atoms with Crippen LogP contribution in [0.25, 0.3) is 11.0 Å². The van der Waals surface area contributed by atoms with Crippen molar-refractivity contribution in [2.45, 2.75) is 19.4 Å². The number of nitrogens with one attached hydrogen (secondary N) is 1. The van der Waals surface area contributed by atoms with Crippen molar-refractivity contribution in [3.8, 4) is 0 Å². The molecule has 1 N–H and O–H groups in total. The molecule has 0 radical (unpaired) electrons. The maximum atomic E-state index is 5.98. The van der Waals surface area contributed by atoms with E-state index in [9.17, 15) is 0 Å². The average molecular weight is 283 g/mol. The van der Waals surface area contributed by atoms with E-state index >= 15 is 0 Å². The lowest BCUT2D eigenvalue weighted by Gasteiger charge is -2.08. The number of fused-ring (bicyclic) bond motifs is 1. The van der Waals surface area contributed by atoms with Gasteiger partial charge in [0.2, 0.25) is 0 Å². The Bertz CT molecular complexity index is 613. The van der Waals surface area contributed by atoms with Gasteiger partial charge < -0.3 is 14.3 Å². The molecule has 0 saturated carbocycles. The monoisotopic (exact) mass is 282 g/mol. The van der Waals surface area contributed by atoms with Gasteiger partial charge in [0.15, 0.2) is 4.77 Å². The van der Waals surface area contributed by atoms with E-state index in [-0.39, 0.29) is 0 Å². The molecule has 1 atom stereocenters. The van der Waals surface area contributed by atoms with Crippen LogP contribution in [0, 0.1) is 10.7 Å². The Balaban J connectivity index is 1.86. The van der Waals surface area contributed by atoms with Crippen LogP contribution < -0.4 is 0 Å². The molecule has 1 aliphatic heterocycles. The molecule has 1 unspecified atom stereocenters. The zero-order chi connectivity index (χ0) is 12.5. The standard InChI is InChI=1S/C13H15ClN2OS/c14-10-1-2-12-11(7-10)15-13(18)16(12)5-3-9-4-6-17-8-9/h1-2,7,9H,3-6,8H2,(H,15,18). The number of benzene rings is 1. The van der Waals surface area contributed by atoms with Crippen molar-refractivity contribution in [2.75, 3.05) is 13.2 Å². The number of halogens is 1. The molecule has 0 amide bonds. The van der Waals surface area contributed by atoms with Gasteiger partial charge in [-0.25, -0.2) is 0 Å². The lowest BCUT2D eigenvalue weighted by atomic mass is 10.1. The number of hydrogen-bond donors (Lipinski definition) is 1. The summed E-state index contributed by atoms with van der Waals surface area (Å²) in [5.41, 5.74) is 2.14. The zero-order valence-corrected chi connectivity index (χ0v) is 11.6. The summed E-state index contributed by atoms with van der Waals surface area (Å²) in [6.07, 6.45) is 2.28. The molecule has 1 saturated heterocycles. The van der Waals surface area contributed by atoms with Crippen molar-refractivity contribution in [2.24, 2.45) is 5.92 Å². The van der Waals surface area contributed by atoms with Crippen molar-refractivity contribution in [1.82, 2.24) is 9.55 Å². The van der Waals surface area contributed by atoms with Gasteiger partial charge in [0.1, 0.15) is 0 Å². The number of nitrogens with zero attached hydrogens (tertiary/aromatic N) is 1. The van der Waals surface area contributed by atoms with Gasteiger partial charge in [0.05, 0.1) is 11.0 Å². The number of imidazole rings is 1. The molecule has 1 aromatic heterocycles. The van der Waals surface area contributed by atoms with Crippen LogP contribution in [-0.4, -0.2) is 22.8 Å². The molecule has 2 aromatic rings. The fourth-order valence-electron chi connectivity index (χ4n) is 2.48. The molecule has 3 nitrogen and oxygen atoms in total. The normalized spacial score (nSPS) is 19.7. The van der Waals surface area contributed by atoms with Gasteiger partial charge >= 0.3 is 0 Å². The quantitative estimate of drug-likeness (QED) is 0.869. The minimum Gasteiger partial charge on any atom is -0.381 e. The number of aromatic amines is 1. The highest BCUT2D eigenvalue weighted by molar-refractivity contribution is 7.71. The summed E-state index contributed by atoms with van der Waals surface area (Å²) in [7, 11) is 0. The van der Waals surface area contributed by atoms with Crippen LogP contribution in [0.1, 0.15) is 12.8 Å². The fourth-order valence-corrected chi connectivity index (χ4v) is 2.95. The van der Waals surface area contributed by atoms with Crippen LogP contribution in [0.5, 0.6) is 0 Å². The molecule has 1 aliphatic rings. The highest BCUT2D eigenvalue weighted by Crippen LogP contribution is 2.22. The molecule has 5 heteroatoms. The number of aromatic nitrogens is 2. The van der Waals surface area contributed by atoms with Crippen LogP contribution in [0.3, 0.4) is 0 Å². The van der Waals surface area contributed by atoms with Gasteiger partial charge in [0.25, 0.3) is 0 Å². The van der Waals surface area contributed by atoms with Gasteiger partial charge in [-0.2, -0.15) is 0 Å². The summed E-state index contributed by atoms with van der Waals surface area (Å²) >= 11 is 11.4. The number of aryl methyl sites for hydroxylation is 1.